The molecule has 0 aromatic heterocycles. The smallest absolute Gasteiger partial charge is 0.225 e. The summed E-state index contributed by atoms with van der Waals surface area (Å²) in [4.78, 5) is 20.9. The summed E-state index contributed by atoms with van der Waals surface area (Å²) >= 11 is 0. The fourth-order valence-corrected chi connectivity index (χ4v) is 3.34. The molecule has 1 saturated heterocycles. The van der Waals surface area contributed by atoms with Crippen LogP contribution in [0.1, 0.15) is 46.5 Å². The van der Waals surface area contributed by atoms with Gasteiger partial charge in [0.15, 0.2) is 5.96 Å². The fraction of sp³-hybridized carbons (Fsp3) is 0.882. The SMILES string of the molecule is CCNC(=NCC1(O)CCCC1)N1CCN(C(=O)C(C)C)CC1. The number of hydrogen-bond acceptors (Lipinski definition) is 3. The molecule has 0 radical (unpaired) electrons. The van der Waals surface area contributed by atoms with E-state index in [-0.39, 0.29) is 11.8 Å². The highest BCUT2D eigenvalue weighted by Crippen LogP contribution is 2.29. The summed E-state index contributed by atoms with van der Waals surface area (Å²) in [6.07, 6.45) is 3.90. The fourth-order valence-electron chi connectivity index (χ4n) is 3.34. The van der Waals surface area contributed by atoms with Gasteiger partial charge in [-0.25, -0.2) is 0 Å². The molecule has 0 atom stereocenters. The van der Waals surface area contributed by atoms with Gasteiger partial charge >= 0.3 is 0 Å². The van der Waals surface area contributed by atoms with Gasteiger partial charge in [0.25, 0.3) is 0 Å². The van der Waals surface area contributed by atoms with E-state index in [0.29, 0.717) is 6.54 Å². The zero-order valence-electron chi connectivity index (χ0n) is 14.8. The van der Waals surface area contributed by atoms with E-state index in [2.05, 4.69) is 22.1 Å². The van der Waals surface area contributed by atoms with Crippen molar-refractivity contribution in [3.8, 4) is 0 Å². The average molecular weight is 324 g/mol. The molecule has 2 aliphatic rings. The number of nitrogens with zero attached hydrogens (tertiary/aromatic N) is 3. The number of carbonyl (C=O) groups is 1. The lowest BCUT2D eigenvalue weighted by molar-refractivity contribution is -0.135. The van der Waals surface area contributed by atoms with E-state index in [4.69, 9.17) is 0 Å². The molecular weight excluding hydrogens is 292 g/mol. The Kier molecular flexibility index (Phi) is 6.27. The van der Waals surface area contributed by atoms with Crippen molar-refractivity contribution in [3.05, 3.63) is 0 Å². The first kappa shape index (κ1) is 18.0. The molecule has 0 aromatic rings. The number of amides is 1. The van der Waals surface area contributed by atoms with Gasteiger partial charge in [0.05, 0.1) is 12.1 Å². The molecule has 23 heavy (non-hydrogen) atoms. The second-order valence-electron chi connectivity index (χ2n) is 7.07. The van der Waals surface area contributed by atoms with Gasteiger partial charge in [0.1, 0.15) is 0 Å². The summed E-state index contributed by atoms with van der Waals surface area (Å²) in [5, 5.41) is 13.8. The predicted octanol–water partition coefficient (Wildman–Crippen LogP) is 1.06. The van der Waals surface area contributed by atoms with Crippen LogP contribution in [-0.2, 0) is 4.79 Å². The molecule has 0 spiro atoms. The third-order valence-electron chi connectivity index (χ3n) is 4.78. The maximum absolute atomic E-state index is 12.1. The molecule has 6 heteroatoms. The minimum atomic E-state index is -0.615. The molecule has 0 bridgehead atoms. The monoisotopic (exact) mass is 324 g/mol. The third-order valence-corrected chi connectivity index (χ3v) is 4.78. The number of guanidine groups is 1. The third kappa shape index (κ3) is 4.83. The maximum Gasteiger partial charge on any atom is 0.225 e. The van der Waals surface area contributed by atoms with E-state index in [1.807, 2.05) is 18.7 Å². The Morgan fingerprint density at radius 2 is 1.74 bits per heavy atom. The molecule has 2 rings (SSSR count). The zero-order valence-corrected chi connectivity index (χ0v) is 14.8. The molecule has 0 unspecified atom stereocenters. The van der Waals surface area contributed by atoms with Crippen molar-refractivity contribution in [2.24, 2.45) is 10.9 Å². The van der Waals surface area contributed by atoms with Crippen molar-refractivity contribution >= 4 is 11.9 Å². The second kappa shape index (κ2) is 7.99. The van der Waals surface area contributed by atoms with Crippen LogP contribution in [0.5, 0.6) is 0 Å². The zero-order chi connectivity index (χ0) is 16.9. The summed E-state index contributed by atoms with van der Waals surface area (Å²) in [6, 6.07) is 0. The highest BCUT2D eigenvalue weighted by molar-refractivity contribution is 5.81. The molecule has 1 heterocycles. The lowest BCUT2D eigenvalue weighted by Crippen LogP contribution is -2.54. The Labute approximate surface area is 139 Å². The molecule has 1 saturated carbocycles. The van der Waals surface area contributed by atoms with Gasteiger partial charge < -0.3 is 20.2 Å². The van der Waals surface area contributed by atoms with Crippen molar-refractivity contribution in [1.82, 2.24) is 15.1 Å². The van der Waals surface area contributed by atoms with Gasteiger partial charge in [-0.15, -0.1) is 0 Å². The molecule has 132 valence electrons. The van der Waals surface area contributed by atoms with Crippen molar-refractivity contribution < 1.29 is 9.90 Å². The Morgan fingerprint density at radius 3 is 2.26 bits per heavy atom. The maximum atomic E-state index is 12.1. The normalized spacial score (nSPS) is 21.9. The number of carbonyl (C=O) groups excluding carboxylic acids is 1. The van der Waals surface area contributed by atoms with E-state index in [1.54, 1.807) is 0 Å². The predicted molar refractivity (Wildman–Crippen MR) is 92.4 cm³/mol. The Hall–Kier alpha value is -1.30. The molecular formula is C17H32N4O2. The molecule has 1 aliphatic carbocycles. The van der Waals surface area contributed by atoms with E-state index < -0.39 is 5.60 Å². The van der Waals surface area contributed by atoms with Crippen molar-refractivity contribution in [3.63, 3.8) is 0 Å². The molecule has 6 nitrogen and oxygen atoms in total. The summed E-state index contributed by atoms with van der Waals surface area (Å²) in [6.45, 7) is 10.3. The highest BCUT2D eigenvalue weighted by atomic mass is 16.3. The lowest BCUT2D eigenvalue weighted by atomic mass is 10.0. The summed E-state index contributed by atoms with van der Waals surface area (Å²) in [7, 11) is 0. The van der Waals surface area contributed by atoms with Gasteiger partial charge in [-0.2, -0.15) is 0 Å². The first-order valence-electron chi connectivity index (χ1n) is 8.99. The Morgan fingerprint density at radius 1 is 1.17 bits per heavy atom. The van der Waals surface area contributed by atoms with Gasteiger partial charge in [0.2, 0.25) is 5.91 Å². The summed E-state index contributed by atoms with van der Waals surface area (Å²) in [5.41, 5.74) is -0.615. The largest absolute Gasteiger partial charge is 0.388 e. The molecule has 2 N–H and O–H groups in total. The van der Waals surface area contributed by atoms with Crippen LogP contribution >= 0.6 is 0 Å². The number of nitrogens with one attached hydrogen (secondary N) is 1. The van der Waals surface area contributed by atoms with Crippen LogP contribution in [0.25, 0.3) is 0 Å². The van der Waals surface area contributed by atoms with Crippen LogP contribution in [0.3, 0.4) is 0 Å². The molecule has 1 aliphatic heterocycles. The molecule has 1 amide bonds. The van der Waals surface area contributed by atoms with Crippen LogP contribution in [0.15, 0.2) is 4.99 Å². The second-order valence-corrected chi connectivity index (χ2v) is 7.07. The van der Waals surface area contributed by atoms with Crippen LogP contribution in [-0.4, -0.2) is 71.6 Å². The van der Waals surface area contributed by atoms with Gasteiger partial charge in [0, 0.05) is 38.6 Å². The quantitative estimate of drug-likeness (QED) is 0.599. The summed E-state index contributed by atoms with van der Waals surface area (Å²) in [5.74, 6) is 1.15. The first-order chi connectivity index (χ1) is 10.9. The highest BCUT2D eigenvalue weighted by Gasteiger charge is 2.31. The van der Waals surface area contributed by atoms with Crippen molar-refractivity contribution in [1.29, 1.82) is 0 Å². The number of aliphatic hydroxyl groups is 1. The molecule has 0 aromatic carbocycles. The van der Waals surface area contributed by atoms with Crippen LogP contribution in [0, 0.1) is 5.92 Å². The summed E-state index contributed by atoms with van der Waals surface area (Å²) < 4.78 is 0. The van der Waals surface area contributed by atoms with Crippen LogP contribution in [0.4, 0.5) is 0 Å². The lowest BCUT2D eigenvalue weighted by Gasteiger charge is -2.37. The molecule has 2 fully saturated rings. The van der Waals surface area contributed by atoms with E-state index in [9.17, 15) is 9.90 Å². The van der Waals surface area contributed by atoms with Gasteiger partial charge in [-0.05, 0) is 19.8 Å². The average Bonchev–Trinajstić information content (AvgIpc) is 2.98. The van der Waals surface area contributed by atoms with E-state index in [1.165, 1.54) is 0 Å². The van der Waals surface area contributed by atoms with E-state index in [0.717, 1.165) is 64.4 Å². The topological polar surface area (TPSA) is 68.2 Å². The number of piperazine rings is 1. The Bertz CT molecular complexity index is 422. The van der Waals surface area contributed by atoms with Crippen LogP contribution in [0.2, 0.25) is 0 Å². The van der Waals surface area contributed by atoms with Gasteiger partial charge in [-0.1, -0.05) is 26.7 Å². The van der Waals surface area contributed by atoms with Crippen LogP contribution < -0.4 is 5.32 Å². The minimum absolute atomic E-state index is 0.0556. The number of hydrogen-bond donors (Lipinski definition) is 2. The van der Waals surface area contributed by atoms with Crippen molar-refractivity contribution in [2.75, 3.05) is 39.3 Å². The minimum Gasteiger partial charge on any atom is -0.388 e. The standard InChI is InChI=1S/C17H32N4O2/c1-4-18-16(19-13-17(23)7-5-6-8-17)21-11-9-20(10-12-21)15(22)14(2)3/h14,23H,4-13H2,1-3H3,(H,18,19). The Balaban J connectivity index is 1.92. The van der Waals surface area contributed by atoms with E-state index >= 15 is 0 Å². The number of rotatable bonds is 4. The first-order valence-corrected chi connectivity index (χ1v) is 8.99. The van der Waals surface area contributed by atoms with Crippen molar-refractivity contribution in [2.45, 2.75) is 52.1 Å². The van der Waals surface area contributed by atoms with Gasteiger partial charge in [-0.3, -0.25) is 9.79 Å². The number of aliphatic imine (C=N–C) groups is 1.